The van der Waals surface area contributed by atoms with Crippen LogP contribution in [0.1, 0.15) is 16.7 Å². The number of nitrogen functional groups attached to an aromatic ring is 1. The van der Waals surface area contributed by atoms with Gasteiger partial charge in [0.1, 0.15) is 24.1 Å². The highest BCUT2D eigenvalue weighted by Crippen LogP contribution is 2.38. The van der Waals surface area contributed by atoms with E-state index in [9.17, 15) is 19.6 Å². The Balaban J connectivity index is 2.16. The van der Waals surface area contributed by atoms with Crippen molar-refractivity contribution >= 4 is 19.5 Å². The van der Waals surface area contributed by atoms with Crippen LogP contribution in [0.5, 0.6) is 0 Å². The first-order chi connectivity index (χ1) is 10.1. The number of nitrogens with zero attached hydrogens (tertiary/aromatic N) is 2. The fourth-order valence-electron chi connectivity index (χ4n) is 2.03. The number of anilines is 1. The number of amides is 1. The van der Waals surface area contributed by atoms with Crippen molar-refractivity contribution in [1.82, 2.24) is 9.55 Å². The predicted molar refractivity (Wildman–Crippen MR) is 69.1 cm³/mol. The second-order valence-electron chi connectivity index (χ2n) is 4.58. The van der Waals surface area contributed by atoms with E-state index in [1.165, 1.54) is 0 Å². The molecule has 1 fully saturated rings. The number of nitrogens with two attached hydrogens (primary N) is 2. The van der Waals surface area contributed by atoms with Crippen molar-refractivity contribution in [1.29, 1.82) is 0 Å². The first-order valence-corrected chi connectivity index (χ1v) is 7.48. The van der Waals surface area contributed by atoms with Crippen molar-refractivity contribution in [3.63, 3.8) is 0 Å². The quantitative estimate of drug-likeness (QED) is 0.306. The summed E-state index contributed by atoms with van der Waals surface area (Å²) in [7, 11) is -4.75. The van der Waals surface area contributed by atoms with Gasteiger partial charge in [0.2, 0.25) is 0 Å². The zero-order valence-corrected chi connectivity index (χ0v) is 11.9. The van der Waals surface area contributed by atoms with E-state index < -0.39 is 44.9 Å². The van der Waals surface area contributed by atoms with Gasteiger partial charge in [-0.2, -0.15) is 0 Å². The minimum atomic E-state index is -4.75. The number of rotatable bonds is 5. The number of ether oxygens (including phenoxy) is 1. The number of phosphoric ester groups is 1. The van der Waals surface area contributed by atoms with Gasteiger partial charge in [-0.3, -0.25) is 13.9 Å². The average molecular weight is 338 g/mol. The molecule has 12 nitrogen and oxygen atoms in total. The van der Waals surface area contributed by atoms with Crippen LogP contribution in [0.15, 0.2) is 6.33 Å². The van der Waals surface area contributed by atoms with E-state index in [2.05, 4.69) is 9.51 Å². The minimum absolute atomic E-state index is 0.180. The zero-order chi connectivity index (χ0) is 16.7. The zero-order valence-electron chi connectivity index (χ0n) is 11.0. The molecule has 0 radical (unpaired) electrons. The van der Waals surface area contributed by atoms with Crippen LogP contribution in [0, 0.1) is 0 Å². The van der Waals surface area contributed by atoms with E-state index in [0.29, 0.717) is 0 Å². The van der Waals surface area contributed by atoms with E-state index in [-0.39, 0.29) is 11.5 Å². The van der Waals surface area contributed by atoms with Crippen molar-refractivity contribution in [2.45, 2.75) is 24.5 Å². The van der Waals surface area contributed by atoms with Crippen LogP contribution in [0.4, 0.5) is 5.82 Å². The monoisotopic (exact) mass is 338 g/mol. The van der Waals surface area contributed by atoms with Gasteiger partial charge in [-0.1, -0.05) is 0 Å². The normalized spacial score (nSPS) is 28.9. The van der Waals surface area contributed by atoms with Crippen LogP contribution in [-0.2, 0) is 13.8 Å². The summed E-state index contributed by atoms with van der Waals surface area (Å²) in [6, 6.07) is 0. The molecule has 1 aromatic rings. The average Bonchev–Trinajstić information content (AvgIpc) is 2.90. The molecule has 8 N–H and O–H groups in total. The summed E-state index contributed by atoms with van der Waals surface area (Å²) < 4.78 is 21.2. The maximum absolute atomic E-state index is 11.1. The van der Waals surface area contributed by atoms with Crippen molar-refractivity contribution < 1.29 is 38.6 Å². The third-order valence-corrected chi connectivity index (χ3v) is 3.57. The van der Waals surface area contributed by atoms with E-state index >= 15 is 0 Å². The molecule has 1 unspecified atom stereocenters. The third-order valence-electron chi connectivity index (χ3n) is 3.08. The third kappa shape index (κ3) is 3.28. The van der Waals surface area contributed by atoms with Gasteiger partial charge in [0.05, 0.1) is 12.9 Å². The molecule has 22 heavy (non-hydrogen) atoms. The minimum Gasteiger partial charge on any atom is -0.387 e. The first-order valence-electron chi connectivity index (χ1n) is 5.95. The van der Waals surface area contributed by atoms with Crippen LogP contribution < -0.4 is 11.5 Å². The van der Waals surface area contributed by atoms with Gasteiger partial charge in [-0.15, -0.1) is 0 Å². The molecule has 124 valence electrons. The number of phosphoric acid groups is 1. The molecule has 2 heterocycles. The summed E-state index contributed by atoms with van der Waals surface area (Å²) in [4.78, 5) is 32.0. The molecule has 2 rings (SSSR count). The number of carbonyl (C=O) groups is 1. The Bertz CT molecular complexity index is 615. The van der Waals surface area contributed by atoms with Gasteiger partial charge >= 0.3 is 7.82 Å². The maximum Gasteiger partial charge on any atom is 0.469 e. The molecule has 0 saturated carbocycles. The van der Waals surface area contributed by atoms with E-state index in [0.717, 1.165) is 10.9 Å². The Labute approximate surface area is 123 Å². The van der Waals surface area contributed by atoms with Crippen LogP contribution in [-0.4, -0.2) is 60.4 Å². The van der Waals surface area contributed by atoms with E-state index in [4.69, 9.17) is 26.0 Å². The fraction of sp³-hybridized carbons (Fsp3) is 0.556. The summed E-state index contributed by atoms with van der Waals surface area (Å²) in [5, 5.41) is 19.8. The van der Waals surface area contributed by atoms with E-state index in [1.54, 1.807) is 0 Å². The standard InChI is InChI=1S/C9H15N4O8P/c10-7-4(8(11)16)12-2-13(7)9-6(15)5(14)3(21-9)1-20-22(17,18)19/h2-3,5-6,9,14-15H,1,10H2,(H2,11,16)(H2,17,18,19)/t3-,5+,6?,9-/m1/s1. The number of aliphatic hydroxyl groups excluding tert-OH is 2. The molecular formula is C9H15N4O8P. The number of carbonyl (C=O) groups excluding carboxylic acids is 1. The topological polar surface area (TPSA) is 203 Å². The number of imidazole rings is 1. The van der Waals surface area contributed by atoms with Gasteiger partial charge in [0.25, 0.3) is 5.91 Å². The molecule has 0 aromatic carbocycles. The van der Waals surface area contributed by atoms with Crippen molar-refractivity contribution in [2.24, 2.45) is 5.73 Å². The number of aromatic nitrogens is 2. The summed E-state index contributed by atoms with van der Waals surface area (Å²) in [5.41, 5.74) is 10.5. The molecule has 1 saturated heterocycles. The smallest absolute Gasteiger partial charge is 0.387 e. The molecule has 1 amide bonds. The second-order valence-corrected chi connectivity index (χ2v) is 5.82. The summed E-state index contributed by atoms with van der Waals surface area (Å²) >= 11 is 0. The molecule has 0 aliphatic carbocycles. The van der Waals surface area contributed by atoms with Crippen LogP contribution >= 0.6 is 7.82 Å². The molecule has 0 spiro atoms. The Morgan fingerprint density at radius 2 is 2.09 bits per heavy atom. The second kappa shape index (κ2) is 5.93. The van der Waals surface area contributed by atoms with Gasteiger partial charge < -0.3 is 36.2 Å². The lowest BCUT2D eigenvalue weighted by molar-refractivity contribution is -0.0510. The first kappa shape index (κ1) is 16.8. The fourth-order valence-corrected chi connectivity index (χ4v) is 2.37. The summed E-state index contributed by atoms with van der Waals surface area (Å²) in [6.07, 6.45) is -4.33. The van der Waals surface area contributed by atoms with Crippen LogP contribution in [0.2, 0.25) is 0 Å². The number of primary amides is 1. The van der Waals surface area contributed by atoms with Crippen molar-refractivity contribution in [3.8, 4) is 0 Å². The SMILES string of the molecule is NC(=O)c1ncn([C@@H]2O[C@H](COP(=O)(O)O)[C@H](O)C2O)c1N. The number of aliphatic hydroxyl groups is 2. The highest BCUT2D eigenvalue weighted by molar-refractivity contribution is 7.46. The van der Waals surface area contributed by atoms with Crippen molar-refractivity contribution in [3.05, 3.63) is 12.0 Å². The lowest BCUT2D eigenvalue weighted by Crippen LogP contribution is -2.33. The summed E-state index contributed by atoms with van der Waals surface area (Å²) in [5.74, 6) is -1.06. The Kier molecular flexibility index (Phi) is 4.54. The Morgan fingerprint density at radius 3 is 2.59 bits per heavy atom. The highest BCUT2D eigenvalue weighted by Gasteiger charge is 2.45. The van der Waals surface area contributed by atoms with Gasteiger partial charge in [-0.25, -0.2) is 9.55 Å². The highest BCUT2D eigenvalue weighted by atomic mass is 31.2. The molecular weight excluding hydrogens is 323 g/mol. The van der Waals surface area contributed by atoms with Crippen LogP contribution in [0.25, 0.3) is 0 Å². The van der Waals surface area contributed by atoms with Gasteiger partial charge in [0.15, 0.2) is 11.9 Å². The molecule has 4 atom stereocenters. The Hall–Kier alpha value is -1.53. The van der Waals surface area contributed by atoms with E-state index in [1.807, 2.05) is 0 Å². The van der Waals surface area contributed by atoms with Gasteiger partial charge in [-0.05, 0) is 0 Å². The largest absolute Gasteiger partial charge is 0.469 e. The molecule has 1 aliphatic heterocycles. The maximum atomic E-state index is 11.1. The lowest BCUT2D eigenvalue weighted by atomic mass is 10.1. The lowest BCUT2D eigenvalue weighted by Gasteiger charge is -2.17. The van der Waals surface area contributed by atoms with Gasteiger partial charge in [0, 0.05) is 0 Å². The Morgan fingerprint density at radius 1 is 1.45 bits per heavy atom. The molecule has 1 aromatic heterocycles. The molecule has 13 heteroatoms. The molecule has 0 bridgehead atoms. The van der Waals surface area contributed by atoms with Crippen molar-refractivity contribution in [2.75, 3.05) is 12.3 Å². The number of hydrogen-bond donors (Lipinski definition) is 6. The predicted octanol–water partition coefficient (Wildman–Crippen LogP) is -2.71. The van der Waals surface area contributed by atoms with Crippen LogP contribution in [0.3, 0.4) is 0 Å². The number of hydrogen-bond acceptors (Lipinski definition) is 8. The molecule has 1 aliphatic rings. The summed E-state index contributed by atoms with van der Waals surface area (Å²) in [6.45, 7) is -0.656.